The third-order valence-corrected chi connectivity index (χ3v) is 6.15. The summed E-state index contributed by atoms with van der Waals surface area (Å²) in [5, 5.41) is 3.90. The van der Waals surface area contributed by atoms with E-state index in [0.29, 0.717) is 30.3 Å². The molecule has 8 nitrogen and oxygen atoms in total. The van der Waals surface area contributed by atoms with Gasteiger partial charge in [0.25, 0.3) is 10.0 Å². The first-order valence-corrected chi connectivity index (χ1v) is 10.7. The van der Waals surface area contributed by atoms with Gasteiger partial charge in [0.05, 0.1) is 34.2 Å². The number of rotatable bonds is 8. The number of sulfonamides is 1. The lowest BCUT2D eigenvalue weighted by molar-refractivity contribution is 0.301. The molecule has 2 aromatic heterocycles. The van der Waals surface area contributed by atoms with Crippen molar-refractivity contribution in [1.29, 1.82) is 0 Å². The van der Waals surface area contributed by atoms with Crippen LogP contribution >= 0.6 is 0 Å². The van der Waals surface area contributed by atoms with E-state index in [4.69, 9.17) is 9.26 Å². The normalized spacial score (nSPS) is 11.6. The first kappa shape index (κ1) is 20.8. The zero-order valence-electron chi connectivity index (χ0n) is 16.9. The molecule has 2 heterocycles. The summed E-state index contributed by atoms with van der Waals surface area (Å²) in [4.78, 5) is 8.07. The number of hydrogen-bond donors (Lipinski definition) is 0. The van der Waals surface area contributed by atoms with Crippen LogP contribution in [0.5, 0.6) is 5.75 Å². The van der Waals surface area contributed by atoms with Crippen LogP contribution in [-0.4, -0.2) is 30.1 Å². The molecule has 0 N–H and O–H groups in total. The van der Waals surface area contributed by atoms with Gasteiger partial charge in [-0.15, -0.1) is 0 Å². The first-order chi connectivity index (χ1) is 13.8. The Morgan fingerprint density at radius 3 is 2.31 bits per heavy atom. The van der Waals surface area contributed by atoms with Crippen molar-refractivity contribution in [3.63, 3.8) is 0 Å². The van der Waals surface area contributed by atoms with Crippen molar-refractivity contribution in [3.05, 3.63) is 60.0 Å². The maximum Gasteiger partial charge on any atom is 0.264 e. The summed E-state index contributed by atoms with van der Waals surface area (Å²) >= 11 is 0. The highest BCUT2D eigenvalue weighted by Crippen LogP contribution is 2.26. The highest BCUT2D eigenvalue weighted by Gasteiger charge is 2.26. The summed E-state index contributed by atoms with van der Waals surface area (Å²) in [6, 6.07) is 6.35. The Morgan fingerprint density at radius 2 is 1.76 bits per heavy atom. The number of benzene rings is 1. The fraction of sp³-hybridized carbons (Fsp3) is 0.350. The molecule has 0 aliphatic rings. The third-order valence-electron chi connectivity index (χ3n) is 4.34. The molecule has 0 aliphatic carbocycles. The monoisotopic (exact) mass is 416 g/mol. The minimum Gasteiger partial charge on any atom is -0.489 e. The van der Waals surface area contributed by atoms with Crippen LogP contribution in [0, 0.1) is 19.8 Å². The lowest BCUT2D eigenvalue weighted by Gasteiger charge is -2.25. The number of ether oxygens (including phenoxy) is 1. The van der Waals surface area contributed by atoms with Crippen molar-refractivity contribution in [2.24, 2.45) is 5.92 Å². The second kappa shape index (κ2) is 8.60. The van der Waals surface area contributed by atoms with Crippen molar-refractivity contribution in [3.8, 4) is 5.75 Å². The molecule has 3 rings (SSSR count). The zero-order valence-corrected chi connectivity index (χ0v) is 17.7. The molecular weight excluding hydrogens is 392 g/mol. The van der Waals surface area contributed by atoms with E-state index in [9.17, 15) is 8.42 Å². The molecular formula is C20H24N4O4S. The van der Waals surface area contributed by atoms with Crippen molar-refractivity contribution in [2.45, 2.75) is 39.2 Å². The van der Waals surface area contributed by atoms with Crippen LogP contribution in [0.4, 0.5) is 5.69 Å². The smallest absolute Gasteiger partial charge is 0.264 e. The summed E-state index contributed by atoms with van der Waals surface area (Å²) in [7, 11) is -3.76. The number of hydrogen-bond acceptors (Lipinski definition) is 7. The number of nitrogens with zero attached hydrogens (tertiary/aromatic N) is 4. The Balaban J connectivity index is 1.81. The molecule has 0 atom stereocenters. The highest BCUT2D eigenvalue weighted by molar-refractivity contribution is 7.92. The maximum absolute atomic E-state index is 13.2. The Morgan fingerprint density at radius 1 is 1.10 bits per heavy atom. The van der Waals surface area contributed by atoms with Gasteiger partial charge in [0.15, 0.2) is 0 Å². The molecule has 0 radical (unpaired) electrons. The predicted octanol–water partition coefficient (Wildman–Crippen LogP) is 3.51. The van der Waals surface area contributed by atoms with Crippen molar-refractivity contribution in [2.75, 3.05) is 10.8 Å². The van der Waals surface area contributed by atoms with Crippen LogP contribution in [0.15, 0.2) is 52.4 Å². The Labute approximate surface area is 170 Å². The van der Waals surface area contributed by atoms with Gasteiger partial charge >= 0.3 is 0 Å². The molecule has 0 saturated heterocycles. The molecule has 0 saturated carbocycles. The number of aryl methyl sites for hydroxylation is 2. The van der Waals surface area contributed by atoms with Gasteiger partial charge in [-0.3, -0.25) is 4.31 Å². The Kier molecular flexibility index (Phi) is 6.17. The SMILES string of the molecule is Cc1noc(C)c1COc1ccc(S(=O)(=O)N(CC(C)C)c2cncnc2)cc1. The van der Waals surface area contributed by atoms with Crippen molar-refractivity contribution in [1.82, 2.24) is 15.1 Å². The molecule has 0 aliphatic heterocycles. The molecule has 29 heavy (non-hydrogen) atoms. The topological polar surface area (TPSA) is 98.4 Å². The van der Waals surface area contributed by atoms with Gasteiger partial charge in [0.2, 0.25) is 0 Å². The number of aromatic nitrogens is 3. The van der Waals surface area contributed by atoms with Crippen LogP contribution in [-0.2, 0) is 16.6 Å². The van der Waals surface area contributed by atoms with Crippen LogP contribution in [0.3, 0.4) is 0 Å². The van der Waals surface area contributed by atoms with E-state index in [-0.39, 0.29) is 10.8 Å². The molecule has 0 amide bonds. The fourth-order valence-electron chi connectivity index (χ4n) is 2.79. The van der Waals surface area contributed by atoms with Gasteiger partial charge in [0.1, 0.15) is 24.4 Å². The minimum absolute atomic E-state index is 0.127. The average Bonchev–Trinajstić information content (AvgIpc) is 3.03. The largest absolute Gasteiger partial charge is 0.489 e. The summed E-state index contributed by atoms with van der Waals surface area (Å²) in [5.41, 5.74) is 2.09. The Bertz CT molecular complexity index is 1030. The van der Waals surface area contributed by atoms with E-state index in [2.05, 4.69) is 15.1 Å². The van der Waals surface area contributed by atoms with Crippen LogP contribution in [0.25, 0.3) is 0 Å². The first-order valence-electron chi connectivity index (χ1n) is 9.21. The molecule has 1 aromatic carbocycles. The average molecular weight is 417 g/mol. The molecule has 0 unspecified atom stereocenters. The van der Waals surface area contributed by atoms with Crippen LogP contribution in [0.1, 0.15) is 30.9 Å². The summed E-state index contributed by atoms with van der Waals surface area (Å²) in [6.07, 6.45) is 4.36. The van der Waals surface area contributed by atoms with E-state index in [0.717, 1.165) is 11.3 Å². The molecule has 9 heteroatoms. The van der Waals surface area contributed by atoms with E-state index in [1.165, 1.54) is 35.2 Å². The standard InChI is InChI=1S/C20H24N4O4S/c1-14(2)11-24(17-9-21-13-22-10-17)29(25,26)19-7-5-18(6-8-19)27-12-20-15(3)23-28-16(20)4/h5-10,13-14H,11-12H2,1-4H3. The van der Waals surface area contributed by atoms with Crippen molar-refractivity contribution < 1.29 is 17.7 Å². The Hall–Kier alpha value is -2.94. The quantitative estimate of drug-likeness (QED) is 0.554. The lowest BCUT2D eigenvalue weighted by Crippen LogP contribution is -2.34. The van der Waals surface area contributed by atoms with Gasteiger partial charge in [-0.1, -0.05) is 19.0 Å². The van der Waals surface area contributed by atoms with E-state index in [1.807, 2.05) is 27.7 Å². The summed E-state index contributed by atoms with van der Waals surface area (Å²) in [6.45, 7) is 8.20. The van der Waals surface area contributed by atoms with Gasteiger partial charge in [0, 0.05) is 6.54 Å². The number of anilines is 1. The maximum atomic E-state index is 13.2. The fourth-order valence-corrected chi connectivity index (χ4v) is 4.39. The van der Waals surface area contributed by atoms with Gasteiger partial charge in [-0.2, -0.15) is 0 Å². The van der Waals surface area contributed by atoms with Crippen molar-refractivity contribution >= 4 is 15.7 Å². The van der Waals surface area contributed by atoms with Crippen LogP contribution < -0.4 is 9.04 Å². The van der Waals surface area contributed by atoms with Gasteiger partial charge < -0.3 is 9.26 Å². The van der Waals surface area contributed by atoms with E-state index in [1.54, 1.807) is 12.1 Å². The summed E-state index contributed by atoms with van der Waals surface area (Å²) in [5.74, 6) is 1.39. The molecule has 0 spiro atoms. The van der Waals surface area contributed by atoms with E-state index < -0.39 is 10.0 Å². The second-order valence-electron chi connectivity index (χ2n) is 7.09. The van der Waals surface area contributed by atoms with E-state index >= 15 is 0 Å². The highest BCUT2D eigenvalue weighted by atomic mass is 32.2. The molecule has 3 aromatic rings. The second-order valence-corrected chi connectivity index (χ2v) is 8.95. The predicted molar refractivity (Wildman–Crippen MR) is 108 cm³/mol. The third kappa shape index (κ3) is 4.73. The zero-order chi connectivity index (χ0) is 21.0. The van der Waals surface area contributed by atoms with Gasteiger partial charge in [-0.05, 0) is 44.0 Å². The van der Waals surface area contributed by atoms with Crippen LogP contribution in [0.2, 0.25) is 0 Å². The minimum atomic E-state index is -3.76. The summed E-state index contributed by atoms with van der Waals surface area (Å²) < 4.78 is 38.7. The molecule has 154 valence electrons. The molecule has 0 fully saturated rings. The molecule has 0 bridgehead atoms. The van der Waals surface area contributed by atoms with Gasteiger partial charge in [-0.25, -0.2) is 18.4 Å². The lowest BCUT2D eigenvalue weighted by atomic mass is 10.2.